The van der Waals surface area contributed by atoms with Gasteiger partial charge in [0, 0.05) is 36.8 Å². The molecule has 5 aromatic carbocycles. The lowest BCUT2D eigenvalue weighted by Crippen LogP contribution is -2.34. The molecule has 9 rings (SSSR count). The highest BCUT2D eigenvalue weighted by Gasteiger charge is 2.35. The molecule has 4 heterocycles. The summed E-state index contributed by atoms with van der Waals surface area (Å²) in [5.74, 6) is 5.10. The van der Waals surface area contributed by atoms with Crippen molar-refractivity contribution in [3.63, 3.8) is 0 Å². The minimum absolute atomic E-state index is 0.118. The molecule has 1 unspecified atom stereocenters. The van der Waals surface area contributed by atoms with Crippen molar-refractivity contribution >= 4 is 16.7 Å². The summed E-state index contributed by atoms with van der Waals surface area (Å²) in [5, 5.41) is 0. The van der Waals surface area contributed by atoms with E-state index in [0.29, 0.717) is 63.9 Å². The molecule has 4 aliphatic heterocycles. The van der Waals surface area contributed by atoms with Crippen molar-refractivity contribution in [1.82, 2.24) is 9.80 Å². The molecule has 56 heavy (non-hydrogen) atoms. The van der Waals surface area contributed by atoms with Gasteiger partial charge in [-0.2, -0.15) is 0 Å². The normalized spacial score (nSPS) is 18.3. The Kier molecular flexibility index (Phi) is 10.8. The van der Waals surface area contributed by atoms with Crippen LogP contribution in [0.4, 0.5) is 5.69 Å². The first-order valence-corrected chi connectivity index (χ1v) is 20.3. The molecule has 0 saturated carbocycles. The van der Waals surface area contributed by atoms with Crippen molar-refractivity contribution in [2.75, 3.05) is 60.3 Å². The smallest absolute Gasteiger partial charge is 0.204 e. The Hall–Kier alpha value is -5.23. The molecule has 4 aliphatic rings. The Morgan fingerprint density at radius 1 is 0.696 bits per heavy atom. The molecule has 6 bridgehead atoms. The predicted octanol–water partition coefficient (Wildman–Crippen LogP) is 8.44. The van der Waals surface area contributed by atoms with Crippen LogP contribution >= 0.6 is 0 Å². The first-order chi connectivity index (χ1) is 27.3. The van der Waals surface area contributed by atoms with E-state index in [4.69, 9.17) is 28.4 Å². The molecule has 10 nitrogen and oxygen atoms in total. The quantitative estimate of drug-likeness (QED) is 0.167. The molecule has 0 aromatic heterocycles. The summed E-state index contributed by atoms with van der Waals surface area (Å²) in [6.45, 7) is 1.73. The average Bonchev–Trinajstić information content (AvgIpc) is 3.21. The highest BCUT2D eigenvalue weighted by atomic mass is 32.2. The Balaban J connectivity index is 1.33. The molecule has 3 atom stereocenters. The monoisotopic (exact) mass is 775 g/mol. The summed E-state index contributed by atoms with van der Waals surface area (Å²) in [6.07, 6.45) is 3.01. The number of nitrogens with zero attached hydrogens (tertiary/aromatic N) is 2. The van der Waals surface area contributed by atoms with E-state index in [1.807, 2.05) is 54.6 Å². The second kappa shape index (κ2) is 16.1. The Bertz CT molecular complexity index is 2250. The molecule has 292 valence electrons. The van der Waals surface area contributed by atoms with E-state index in [1.165, 1.54) is 16.7 Å². The Morgan fingerprint density at radius 3 is 2.07 bits per heavy atom. The number of likely N-dealkylation sites (N-methyl/N-ethyl adjacent to an activating group) is 2. The summed E-state index contributed by atoms with van der Waals surface area (Å²) < 4.78 is 54.8. The number of methoxy groups -OCH3 is 4. The highest BCUT2D eigenvalue weighted by Crippen LogP contribution is 2.52. The first-order valence-electron chi connectivity index (χ1n) is 19.0. The fraction of sp³-hybridized carbons (Fsp3) is 0.333. The summed E-state index contributed by atoms with van der Waals surface area (Å²) in [6, 6.07) is 28.3. The average molecular weight is 776 g/mol. The van der Waals surface area contributed by atoms with Crippen LogP contribution in [0.1, 0.15) is 51.0 Å². The molecule has 0 radical (unpaired) electrons. The zero-order valence-electron chi connectivity index (χ0n) is 32.8. The largest absolute Gasteiger partial charge is 0.493 e. The number of ether oxygens (including phenoxy) is 6. The minimum Gasteiger partial charge on any atom is -0.493 e. The van der Waals surface area contributed by atoms with Crippen LogP contribution in [0.25, 0.3) is 0 Å². The summed E-state index contributed by atoms with van der Waals surface area (Å²) in [5.41, 5.74) is 8.32. The van der Waals surface area contributed by atoms with Gasteiger partial charge in [-0.15, -0.1) is 0 Å². The second-order valence-electron chi connectivity index (χ2n) is 14.7. The fourth-order valence-corrected chi connectivity index (χ4v) is 9.32. The van der Waals surface area contributed by atoms with Gasteiger partial charge in [-0.1, -0.05) is 42.5 Å². The maximum absolute atomic E-state index is 13.7. The van der Waals surface area contributed by atoms with Crippen molar-refractivity contribution in [1.29, 1.82) is 0 Å². The van der Waals surface area contributed by atoms with Crippen LogP contribution in [0.15, 0.2) is 84.9 Å². The molecule has 1 N–H and O–H groups in total. The van der Waals surface area contributed by atoms with Crippen LogP contribution in [0.2, 0.25) is 0 Å². The van der Waals surface area contributed by atoms with Gasteiger partial charge >= 0.3 is 0 Å². The van der Waals surface area contributed by atoms with Gasteiger partial charge in [0.05, 0.1) is 39.9 Å². The number of hydrogen-bond donors (Lipinski definition) is 1. The van der Waals surface area contributed by atoms with Crippen molar-refractivity contribution in [2.24, 2.45) is 0 Å². The molecule has 11 heteroatoms. The van der Waals surface area contributed by atoms with Gasteiger partial charge in [-0.3, -0.25) is 9.80 Å². The lowest BCUT2D eigenvalue weighted by Gasteiger charge is -2.37. The fourth-order valence-electron chi connectivity index (χ4n) is 8.32. The zero-order valence-corrected chi connectivity index (χ0v) is 33.7. The van der Waals surface area contributed by atoms with Crippen molar-refractivity contribution in [2.45, 2.75) is 43.5 Å². The molecule has 0 amide bonds. The number of rotatable bonds is 8. The van der Waals surface area contributed by atoms with Gasteiger partial charge < -0.3 is 33.1 Å². The van der Waals surface area contributed by atoms with Gasteiger partial charge in [0.1, 0.15) is 16.7 Å². The SMILES string of the molecule is COc1cc(NS(=O)Cc2ccccc2)c2cc1Oc1ccc(cc1)C[C@H]1c3cc(c(OC)cc3CCN1C)Oc1c(OC)c(OC)cc3c1[C@H](C2)N(C)CC3. The zero-order chi connectivity index (χ0) is 38.9. The standard InChI is InChI=1S/C45H49N3O7S/c1-47-18-16-30-22-38(50-3)41-25-34(30)36(47)20-28-12-14-33(15-13-28)54-40-24-32(35(26-39(40)51-4)46-56(49)27-29-10-8-7-9-11-29)21-37-43-31(17-19-48(37)2)23-42(52-5)44(53-6)45(43)55-41/h7-15,22-26,36-37,46H,16-21,27H2,1-6H3/t36-,37-,56?/m0/s1. The van der Waals surface area contributed by atoms with Gasteiger partial charge in [-0.25, -0.2) is 4.21 Å². The molecule has 0 saturated heterocycles. The molecule has 0 aliphatic carbocycles. The maximum Gasteiger partial charge on any atom is 0.204 e. The summed E-state index contributed by atoms with van der Waals surface area (Å²) in [4.78, 5) is 4.75. The predicted molar refractivity (Wildman–Crippen MR) is 220 cm³/mol. The number of nitrogens with one attached hydrogen (secondary N) is 1. The number of fused-ring (bicyclic) bond motifs is 2. The third kappa shape index (κ3) is 7.38. The van der Waals surface area contributed by atoms with E-state index in [0.717, 1.165) is 54.6 Å². The van der Waals surface area contributed by atoms with Crippen LogP contribution in [-0.2, 0) is 42.4 Å². The van der Waals surface area contributed by atoms with Gasteiger partial charge in [0.25, 0.3) is 0 Å². The molecular formula is C45H49N3O7S. The van der Waals surface area contributed by atoms with Crippen LogP contribution in [-0.4, -0.2) is 69.6 Å². The van der Waals surface area contributed by atoms with E-state index >= 15 is 0 Å². The topological polar surface area (TPSA) is 91.0 Å². The summed E-state index contributed by atoms with van der Waals surface area (Å²) >= 11 is 0. The van der Waals surface area contributed by atoms with Gasteiger partial charge in [-0.05, 0) is 110 Å². The van der Waals surface area contributed by atoms with Crippen LogP contribution in [0, 0.1) is 0 Å². The lowest BCUT2D eigenvalue weighted by molar-refractivity contribution is 0.220. The van der Waals surface area contributed by atoms with Crippen molar-refractivity contribution < 1.29 is 32.6 Å². The van der Waals surface area contributed by atoms with Gasteiger partial charge in [0.15, 0.2) is 34.5 Å². The Labute approximate surface area is 331 Å². The van der Waals surface area contributed by atoms with E-state index < -0.39 is 11.0 Å². The number of anilines is 1. The molecule has 0 fully saturated rings. The molecular weight excluding hydrogens is 727 g/mol. The van der Waals surface area contributed by atoms with Crippen LogP contribution in [0.5, 0.6) is 46.0 Å². The van der Waals surface area contributed by atoms with Gasteiger partial charge in [0.2, 0.25) is 5.75 Å². The van der Waals surface area contributed by atoms with E-state index in [-0.39, 0.29) is 12.1 Å². The van der Waals surface area contributed by atoms with Crippen LogP contribution < -0.4 is 33.1 Å². The maximum atomic E-state index is 13.7. The van der Waals surface area contributed by atoms with E-state index in [9.17, 15) is 4.21 Å². The number of benzene rings is 5. The number of hydrogen-bond acceptors (Lipinski definition) is 9. The molecule has 0 spiro atoms. The first kappa shape index (κ1) is 37.7. The third-order valence-corrected chi connectivity index (χ3v) is 12.4. The lowest BCUT2D eigenvalue weighted by atomic mass is 9.87. The molecule has 5 aromatic rings. The third-order valence-electron chi connectivity index (χ3n) is 11.4. The Morgan fingerprint density at radius 2 is 1.36 bits per heavy atom. The van der Waals surface area contributed by atoms with E-state index in [2.05, 4.69) is 58.9 Å². The second-order valence-corrected chi connectivity index (χ2v) is 15.9. The summed E-state index contributed by atoms with van der Waals surface area (Å²) in [7, 11) is 9.50. The van der Waals surface area contributed by atoms with Crippen molar-refractivity contribution in [3.05, 3.63) is 124 Å². The van der Waals surface area contributed by atoms with E-state index in [1.54, 1.807) is 28.4 Å². The highest BCUT2D eigenvalue weighted by molar-refractivity contribution is 7.85. The van der Waals surface area contributed by atoms with Crippen molar-refractivity contribution in [3.8, 4) is 46.0 Å². The minimum atomic E-state index is -1.43. The van der Waals surface area contributed by atoms with Crippen LogP contribution in [0.3, 0.4) is 0 Å².